The molecule has 1 aliphatic rings. The molecule has 2 nitrogen and oxygen atoms in total. The molecule has 0 amide bonds. The Morgan fingerprint density at radius 1 is 1.25 bits per heavy atom. The number of piperidine rings is 1. The zero-order valence-corrected chi connectivity index (χ0v) is 12.5. The highest BCUT2D eigenvalue weighted by Gasteiger charge is 2.24. The van der Waals surface area contributed by atoms with Crippen molar-refractivity contribution in [2.45, 2.75) is 39.2 Å². The molecule has 2 heteroatoms. The fourth-order valence-electron chi connectivity index (χ4n) is 3.36. The summed E-state index contributed by atoms with van der Waals surface area (Å²) in [6.45, 7) is 7.08. The van der Waals surface area contributed by atoms with E-state index in [4.69, 9.17) is 0 Å². The van der Waals surface area contributed by atoms with Gasteiger partial charge in [0.1, 0.15) is 0 Å². The molecule has 0 aliphatic carbocycles. The van der Waals surface area contributed by atoms with Crippen molar-refractivity contribution in [3.8, 4) is 0 Å². The van der Waals surface area contributed by atoms with E-state index in [1.165, 1.54) is 43.3 Å². The molecular formula is C18H24N2. The zero-order chi connectivity index (χ0) is 13.9. The predicted octanol–water partition coefficient (Wildman–Crippen LogP) is 4.42. The van der Waals surface area contributed by atoms with Gasteiger partial charge in [0.05, 0.1) is 5.52 Å². The Morgan fingerprint density at radius 2 is 2.15 bits per heavy atom. The van der Waals surface area contributed by atoms with Gasteiger partial charge >= 0.3 is 0 Å². The van der Waals surface area contributed by atoms with Crippen LogP contribution in [-0.4, -0.2) is 23.0 Å². The van der Waals surface area contributed by atoms with Crippen LogP contribution in [0.15, 0.2) is 36.5 Å². The number of hydrogen-bond donors (Lipinski definition) is 0. The number of benzene rings is 1. The van der Waals surface area contributed by atoms with Gasteiger partial charge in [-0.2, -0.15) is 0 Å². The van der Waals surface area contributed by atoms with E-state index in [0.29, 0.717) is 6.04 Å². The van der Waals surface area contributed by atoms with Crippen molar-refractivity contribution in [2.75, 3.05) is 13.1 Å². The van der Waals surface area contributed by atoms with Gasteiger partial charge in [-0.15, -0.1) is 0 Å². The topological polar surface area (TPSA) is 16.1 Å². The molecule has 2 heterocycles. The summed E-state index contributed by atoms with van der Waals surface area (Å²) in [5, 5.41) is 1.26. The molecule has 0 unspecified atom stereocenters. The minimum absolute atomic E-state index is 0.593. The van der Waals surface area contributed by atoms with Gasteiger partial charge in [0.15, 0.2) is 0 Å². The third-order valence-corrected chi connectivity index (χ3v) is 4.23. The van der Waals surface area contributed by atoms with Crippen molar-refractivity contribution in [3.63, 3.8) is 0 Å². The van der Waals surface area contributed by atoms with Crippen LogP contribution in [-0.2, 0) is 0 Å². The monoisotopic (exact) mass is 268 g/mol. The van der Waals surface area contributed by atoms with Gasteiger partial charge in [-0.1, -0.05) is 32.4 Å². The summed E-state index contributed by atoms with van der Waals surface area (Å²) in [5.74, 6) is 0.734. The summed E-state index contributed by atoms with van der Waals surface area (Å²) in [7, 11) is 0. The van der Waals surface area contributed by atoms with Crippen molar-refractivity contribution in [2.24, 2.45) is 5.92 Å². The summed E-state index contributed by atoms with van der Waals surface area (Å²) in [4.78, 5) is 7.09. The summed E-state index contributed by atoms with van der Waals surface area (Å²) in [6.07, 6.45) is 5.86. The lowest BCUT2D eigenvalue weighted by molar-refractivity contribution is 0.132. The zero-order valence-electron chi connectivity index (χ0n) is 12.5. The van der Waals surface area contributed by atoms with E-state index >= 15 is 0 Å². The minimum Gasteiger partial charge on any atom is -0.296 e. The van der Waals surface area contributed by atoms with Crippen molar-refractivity contribution in [1.29, 1.82) is 0 Å². The minimum atomic E-state index is 0.593. The van der Waals surface area contributed by atoms with Crippen LogP contribution in [0.3, 0.4) is 0 Å². The van der Waals surface area contributed by atoms with E-state index < -0.39 is 0 Å². The molecule has 0 saturated carbocycles. The first-order chi connectivity index (χ1) is 9.74. The number of fused-ring (bicyclic) bond motifs is 1. The van der Waals surface area contributed by atoms with E-state index in [-0.39, 0.29) is 0 Å². The second-order valence-corrected chi connectivity index (χ2v) is 6.36. The molecule has 0 spiro atoms. The van der Waals surface area contributed by atoms with Crippen molar-refractivity contribution < 1.29 is 0 Å². The van der Waals surface area contributed by atoms with Crippen LogP contribution in [0.5, 0.6) is 0 Å². The van der Waals surface area contributed by atoms with Gasteiger partial charge in [0.25, 0.3) is 0 Å². The molecule has 1 atom stereocenters. The second-order valence-electron chi connectivity index (χ2n) is 6.36. The van der Waals surface area contributed by atoms with E-state index in [9.17, 15) is 0 Å². The summed E-state index contributed by atoms with van der Waals surface area (Å²) < 4.78 is 0. The standard InChI is InChI=1S/C18H24N2/c1-14(2)13-20-11-4-3-7-18(20)16-8-9-17-15(12-16)6-5-10-19-17/h5-6,8-10,12,14,18H,3-4,7,11,13H2,1-2H3/t18-/m1/s1. The van der Waals surface area contributed by atoms with Gasteiger partial charge in [-0.25, -0.2) is 0 Å². The maximum absolute atomic E-state index is 4.42. The van der Waals surface area contributed by atoms with E-state index in [0.717, 1.165) is 11.4 Å². The average Bonchev–Trinajstić information content (AvgIpc) is 2.47. The SMILES string of the molecule is CC(C)CN1CCCC[C@@H]1c1ccc2ncccc2c1. The van der Waals surface area contributed by atoms with Gasteiger partial charge < -0.3 is 0 Å². The fourth-order valence-corrected chi connectivity index (χ4v) is 3.36. The number of pyridine rings is 1. The maximum Gasteiger partial charge on any atom is 0.0702 e. The number of nitrogens with zero attached hydrogens (tertiary/aromatic N) is 2. The molecule has 2 aromatic rings. The van der Waals surface area contributed by atoms with Crippen LogP contribution in [0.25, 0.3) is 10.9 Å². The molecule has 0 N–H and O–H groups in total. The average molecular weight is 268 g/mol. The normalized spacial score (nSPS) is 20.6. The van der Waals surface area contributed by atoms with E-state index in [1.54, 1.807) is 0 Å². The summed E-state index contributed by atoms with van der Waals surface area (Å²) >= 11 is 0. The van der Waals surface area contributed by atoms with Crippen LogP contribution in [0.1, 0.15) is 44.7 Å². The Labute approximate surface area is 121 Å². The Kier molecular flexibility index (Phi) is 4.02. The maximum atomic E-state index is 4.42. The molecule has 1 aliphatic heterocycles. The molecule has 1 aromatic carbocycles. The van der Waals surface area contributed by atoms with Gasteiger partial charge in [-0.05, 0) is 49.1 Å². The fraction of sp³-hybridized carbons (Fsp3) is 0.500. The van der Waals surface area contributed by atoms with E-state index in [1.807, 2.05) is 12.3 Å². The quantitative estimate of drug-likeness (QED) is 0.819. The molecular weight excluding hydrogens is 244 g/mol. The Bertz CT molecular complexity index is 576. The van der Waals surface area contributed by atoms with Crippen LogP contribution < -0.4 is 0 Å². The first-order valence-corrected chi connectivity index (χ1v) is 7.83. The third kappa shape index (κ3) is 2.85. The van der Waals surface area contributed by atoms with Crippen LogP contribution in [0.4, 0.5) is 0 Å². The second kappa shape index (κ2) is 5.92. The highest BCUT2D eigenvalue weighted by Crippen LogP contribution is 2.32. The third-order valence-electron chi connectivity index (χ3n) is 4.23. The van der Waals surface area contributed by atoms with Gasteiger partial charge in [-0.3, -0.25) is 9.88 Å². The highest BCUT2D eigenvalue weighted by atomic mass is 15.2. The predicted molar refractivity (Wildman–Crippen MR) is 84.7 cm³/mol. The molecule has 106 valence electrons. The smallest absolute Gasteiger partial charge is 0.0702 e. The molecule has 1 fully saturated rings. The van der Waals surface area contributed by atoms with Crippen LogP contribution >= 0.6 is 0 Å². The van der Waals surface area contributed by atoms with Crippen molar-refractivity contribution >= 4 is 10.9 Å². The lowest BCUT2D eigenvalue weighted by atomic mass is 9.93. The molecule has 20 heavy (non-hydrogen) atoms. The number of rotatable bonds is 3. The first-order valence-electron chi connectivity index (χ1n) is 7.83. The van der Waals surface area contributed by atoms with E-state index in [2.05, 4.69) is 48.0 Å². The summed E-state index contributed by atoms with van der Waals surface area (Å²) in [5.41, 5.74) is 2.56. The molecule has 1 saturated heterocycles. The highest BCUT2D eigenvalue weighted by molar-refractivity contribution is 5.79. The molecule has 0 radical (unpaired) electrons. The van der Waals surface area contributed by atoms with Crippen LogP contribution in [0.2, 0.25) is 0 Å². The Morgan fingerprint density at radius 3 is 3.00 bits per heavy atom. The summed E-state index contributed by atoms with van der Waals surface area (Å²) in [6, 6.07) is 11.6. The number of likely N-dealkylation sites (tertiary alicyclic amines) is 1. The lowest BCUT2D eigenvalue weighted by Gasteiger charge is -2.37. The number of hydrogen-bond acceptors (Lipinski definition) is 2. The largest absolute Gasteiger partial charge is 0.296 e. The Hall–Kier alpha value is -1.41. The molecule has 3 rings (SSSR count). The lowest BCUT2D eigenvalue weighted by Crippen LogP contribution is -2.36. The van der Waals surface area contributed by atoms with Crippen LogP contribution in [0, 0.1) is 5.92 Å². The Balaban J connectivity index is 1.90. The first kappa shape index (κ1) is 13.6. The van der Waals surface area contributed by atoms with Crippen molar-refractivity contribution in [1.82, 2.24) is 9.88 Å². The molecule has 0 bridgehead atoms. The number of aromatic nitrogens is 1. The van der Waals surface area contributed by atoms with Gasteiger partial charge in [0, 0.05) is 24.2 Å². The van der Waals surface area contributed by atoms with Crippen molar-refractivity contribution in [3.05, 3.63) is 42.1 Å². The van der Waals surface area contributed by atoms with Gasteiger partial charge in [0.2, 0.25) is 0 Å². The molecule has 1 aromatic heterocycles.